The first kappa shape index (κ1) is 25.4. The van der Waals surface area contributed by atoms with E-state index in [0.29, 0.717) is 35.2 Å². The van der Waals surface area contributed by atoms with Crippen LogP contribution in [0.2, 0.25) is 0 Å². The van der Waals surface area contributed by atoms with Crippen LogP contribution in [0.25, 0.3) is 10.9 Å². The smallest absolute Gasteiger partial charge is 0.119 e. The van der Waals surface area contributed by atoms with E-state index in [9.17, 15) is 14.6 Å². The Balaban J connectivity index is 1.38. The van der Waals surface area contributed by atoms with Gasteiger partial charge in [0, 0.05) is 36.1 Å². The molecule has 1 aliphatic heterocycles. The number of aliphatic hydroxyl groups is 2. The van der Waals surface area contributed by atoms with E-state index in [1.807, 2.05) is 30.0 Å². The molecule has 5 nitrogen and oxygen atoms in total. The van der Waals surface area contributed by atoms with Crippen LogP contribution in [0.1, 0.15) is 42.9 Å². The molecule has 0 bridgehead atoms. The fraction of sp³-hybridized carbons (Fsp3) is 0.500. The average Bonchev–Trinajstić information content (AvgIpc) is 3.40. The van der Waals surface area contributed by atoms with E-state index in [1.165, 1.54) is 10.4 Å². The van der Waals surface area contributed by atoms with Crippen molar-refractivity contribution in [2.45, 2.75) is 42.7 Å². The minimum Gasteiger partial charge on any atom is -0.497 e. The standard InChI is InChI=1S/C26H33FN2O3S2/c1-32-20-4-5-22-21(15-20)25(19(16-27)17-28-22)23(31)6-7-26(18-30)8-10-29(11-9-26)12-14-34-24-3-2-13-33-24/h2-5,13,15,17,23,30-31H,6-12,14,16,18H2,1H3/t23-/m0/s1. The second kappa shape index (κ2) is 11.8. The number of rotatable bonds is 11. The molecule has 0 aliphatic carbocycles. The van der Waals surface area contributed by atoms with Crippen LogP contribution in [-0.4, -0.2) is 59.2 Å². The maximum Gasteiger partial charge on any atom is 0.119 e. The van der Waals surface area contributed by atoms with E-state index in [-0.39, 0.29) is 12.0 Å². The topological polar surface area (TPSA) is 65.8 Å². The van der Waals surface area contributed by atoms with Gasteiger partial charge in [-0.15, -0.1) is 23.1 Å². The molecule has 4 rings (SSSR count). The summed E-state index contributed by atoms with van der Waals surface area (Å²) < 4.78 is 20.5. The van der Waals surface area contributed by atoms with Gasteiger partial charge in [-0.1, -0.05) is 6.07 Å². The van der Waals surface area contributed by atoms with Crippen LogP contribution >= 0.6 is 23.1 Å². The van der Waals surface area contributed by atoms with Crippen molar-refractivity contribution in [3.63, 3.8) is 0 Å². The Bertz CT molecular complexity index is 1050. The number of halogens is 1. The van der Waals surface area contributed by atoms with E-state index in [2.05, 4.69) is 27.4 Å². The van der Waals surface area contributed by atoms with Crippen LogP contribution in [0.5, 0.6) is 5.75 Å². The molecule has 1 aliphatic rings. The summed E-state index contributed by atoms with van der Waals surface area (Å²) in [5, 5.41) is 24.3. The highest BCUT2D eigenvalue weighted by Gasteiger charge is 2.34. The Morgan fingerprint density at radius 1 is 1.29 bits per heavy atom. The fourth-order valence-corrected chi connectivity index (χ4v) is 6.67. The predicted molar refractivity (Wildman–Crippen MR) is 138 cm³/mol. The van der Waals surface area contributed by atoms with Crippen LogP contribution in [-0.2, 0) is 6.67 Å². The third-order valence-corrected chi connectivity index (χ3v) is 9.13. The number of thioether (sulfide) groups is 1. The van der Waals surface area contributed by atoms with Crippen molar-refractivity contribution in [1.82, 2.24) is 9.88 Å². The molecule has 0 spiro atoms. The summed E-state index contributed by atoms with van der Waals surface area (Å²) in [5.74, 6) is 1.71. The summed E-state index contributed by atoms with van der Waals surface area (Å²) in [7, 11) is 1.59. The third-order valence-electron chi connectivity index (χ3n) is 7.02. The summed E-state index contributed by atoms with van der Waals surface area (Å²) in [6.07, 6.45) is 3.66. The number of aliphatic hydroxyl groups excluding tert-OH is 2. The second-order valence-corrected chi connectivity index (χ2v) is 11.4. The number of hydrogen-bond donors (Lipinski definition) is 2. The van der Waals surface area contributed by atoms with E-state index < -0.39 is 12.8 Å². The molecular weight excluding hydrogens is 471 g/mol. The molecule has 0 radical (unpaired) electrons. The summed E-state index contributed by atoms with van der Waals surface area (Å²) in [5.41, 5.74) is 1.50. The molecule has 1 fully saturated rings. The lowest BCUT2D eigenvalue weighted by molar-refractivity contribution is 0.0253. The number of methoxy groups -OCH3 is 1. The van der Waals surface area contributed by atoms with Crippen LogP contribution < -0.4 is 4.74 Å². The normalized spacial score (nSPS) is 17.2. The Hall–Kier alpha value is -1.71. The first-order chi connectivity index (χ1) is 16.6. The van der Waals surface area contributed by atoms with Crippen molar-refractivity contribution < 1.29 is 19.3 Å². The molecular formula is C26H33FN2O3S2. The first-order valence-corrected chi connectivity index (χ1v) is 13.6. The Morgan fingerprint density at radius 3 is 2.79 bits per heavy atom. The molecule has 0 unspecified atom stereocenters. The molecule has 34 heavy (non-hydrogen) atoms. The van der Waals surface area contributed by atoms with E-state index in [4.69, 9.17) is 4.74 Å². The quantitative estimate of drug-likeness (QED) is 0.338. The third kappa shape index (κ3) is 5.91. The van der Waals surface area contributed by atoms with Crippen LogP contribution in [0.3, 0.4) is 0 Å². The molecule has 2 N–H and O–H groups in total. The largest absolute Gasteiger partial charge is 0.497 e. The number of aromatic nitrogens is 1. The number of benzene rings is 1. The molecule has 1 saturated heterocycles. The molecule has 1 aromatic carbocycles. The van der Waals surface area contributed by atoms with Crippen molar-refractivity contribution in [3.8, 4) is 5.75 Å². The molecule has 0 amide bonds. The zero-order valence-corrected chi connectivity index (χ0v) is 21.2. The number of nitrogens with zero attached hydrogens (tertiary/aromatic N) is 2. The van der Waals surface area contributed by atoms with E-state index in [1.54, 1.807) is 18.4 Å². The summed E-state index contributed by atoms with van der Waals surface area (Å²) in [6.45, 7) is 2.37. The monoisotopic (exact) mass is 504 g/mol. The Labute approximate surface area is 209 Å². The lowest BCUT2D eigenvalue weighted by Gasteiger charge is -2.41. The molecule has 0 saturated carbocycles. The number of alkyl halides is 1. The highest BCUT2D eigenvalue weighted by molar-refractivity contribution is 8.01. The lowest BCUT2D eigenvalue weighted by Crippen LogP contribution is -2.43. The van der Waals surface area contributed by atoms with Gasteiger partial charge in [-0.05, 0) is 79.4 Å². The van der Waals surface area contributed by atoms with Crippen LogP contribution in [0, 0.1) is 5.41 Å². The number of ether oxygens (including phenoxy) is 1. The van der Waals surface area contributed by atoms with Gasteiger partial charge in [-0.2, -0.15) is 0 Å². The predicted octanol–water partition coefficient (Wildman–Crippen LogP) is 5.45. The SMILES string of the molecule is COc1ccc2ncc(CF)c([C@@H](O)CCC3(CO)CCN(CCSc4cccs4)CC3)c2c1. The fourth-order valence-electron chi connectivity index (χ4n) is 4.81. The Kier molecular flexibility index (Phi) is 8.82. The first-order valence-electron chi connectivity index (χ1n) is 11.8. The van der Waals surface area contributed by atoms with Gasteiger partial charge < -0.3 is 19.8 Å². The minimum atomic E-state index is -0.827. The van der Waals surface area contributed by atoms with Crippen molar-refractivity contribution in [2.24, 2.45) is 5.41 Å². The maximum atomic E-state index is 13.8. The van der Waals surface area contributed by atoms with Crippen molar-refractivity contribution in [2.75, 3.05) is 39.1 Å². The second-order valence-electron chi connectivity index (χ2n) is 9.05. The van der Waals surface area contributed by atoms with Gasteiger partial charge in [-0.25, -0.2) is 4.39 Å². The summed E-state index contributed by atoms with van der Waals surface area (Å²) in [4.78, 5) is 6.81. The maximum absolute atomic E-state index is 13.8. The number of pyridine rings is 1. The number of piperidine rings is 1. The molecule has 1 atom stereocenters. The molecule has 184 valence electrons. The number of thiophene rings is 1. The summed E-state index contributed by atoms with van der Waals surface area (Å²) in [6, 6.07) is 9.69. The van der Waals surface area contributed by atoms with Crippen molar-refractivity contribution in [3.05, 3.63) is 53.0 Å². The highest BCUT2D eigenvalue weighted by atomic mass is 32.2. The van der Waals surface area contributed by atoms with Crippen LogP contribution in [0.4, 0.5) is 4.39 Å². The van der Waals surface area contributed by atoms with Crippen LogP contribution in [0.15, 0.2) is 46.1 Å². The van der Waals surface area contributed by atoms with Gasteiger partial charge in [0.15, 0.2) is 0 Å². The zero-order valence-electron chi connectivity index (χ0n) is 19.6. The molecule has 2 aromatic heterocycles. The number of fused-ring (bicyclic) bond motifs is 1. The van der Waals surface area contributed by atoms with Gasteiger partial charge in [0.2, 0.25) is 0 Å². The highest BCUT2D eigenvalue weighted by Crippen LogP contribution is 2.40. The number of hydrogen-bond acceptors (Lipinski definition) is 7. The Morgan fingerprint density at radius 2 is 2.12 bits per heavy atom. The molecule has 3 aromatic rings. The van der Waals surface area contributed by atoms with Gasteiger partial charge in [0.05, 0.1) is 22.9 Å². The number of likely N-dealkylation sites (tertiary alicyclic amines) is 1. The van der Waals surface area contributed by atoms with Gasteiger partial charge in [0.1, 0.15) is 12.4 Å². The molecule has 3 heterocycles. The van der Waals surface area contributed by atoms with E-state index >= 15 is 0 Å². The lowest BCUT2D eigenvalue weighted by atomic mass is 9.74. The minimum absolute atomic E-state index is 0.110. The average molecular weight is 505 g/mol. The van der Waals surface area contributed by atoms with E-state index in [0.717, 1.165) is 43.6 Å². The van der Waals surface area contributed by atoms with Gasteiger partial charge >= 0.3 is 0 Å². The van der Waals surface area contributed by atoms with Crippen molar-refractivity contribution in [1.29, 1.82) is 0 Å². The molecule has 8 heteroatoms. The zero-order chi connectivity index (χ0) is 24.0. The van der Waals surface area contributed by atoms with Gasteiger partial charge in [-0.3, -0.25) is 4.98 Å². The van der Waals surface area contributed by atoms with Crippen molar-refractivity contribution >= 4 is 34.0 Å². The van der Waals surface area contributed by atoms with Gasteiger partial charge in [0.25, 0.3) is 0 Å². The summed E-state index contributed by atoms with van der Waals surface area (Å²) >= 11 is 3.67.